The van der Waals surface area contributed by atoms with Gasteiger partial charge in [0, 0.05) is 23.3 Å². The lowest BCUT2D eigenvalue weighted by atomic mass is 10.2. The zero-order valence-electron chi connectivity index (χ0n) is 12.5. The maximum Gasteiger partial charge on any atom is 0.199 e. The standard InChI is InChI=1S/C16H16N3O3P/c1-22-12-4-7-14-15(8-12)18-10-19-16(14)17-9-11-2-5-13(6-3-11)23(20)21/h2-8,10,20-21H,9H2,1H3,(H,17,18,19). The van der Waals surface area contributed by atoms with Crippen LogP contribution in [0.5, 0.6) is 5.75 Å². The van der Waals surface area contributed by atoms with E-state index in [1.165, 1.54) is 6.33 Å². The van der Waals surface area contributed by atoms with Gasteiger partial charge in [-0.3, -0.25) is 0 Å². The van der Waals surface area contributed by atoms with Crippen LogP contribution in [0.3, 0.4) is 0 Å². The maximum absolute atomic E-state index is 9.16. The molecule has 3 rings (SSSR count). The molecule has 3 N–H and O–H groups in total. The Hall–Kier alpha value is -2.27. The van der Waals surface area contributed by atoms with Crippen molar-refractivity contribution in [3.8, 4) is 5.75 Å². The smallest absolute Gasteiger partial charge is 0.199 e. The van der Waals surface area contributed by atoms with Crippen LogP contribution in [0.2, 0.25) is 0 Å². The second kappa shape index (κ2) is 6.87. The molecule has 0 radical (unpaired) electrons. The van der Waals surface area contributed by atoms with Gasteiger partial charge in [0.25, 0.3) is 0 Å². The largest absolute Gasteiger partial charge is 0.497 e. The first-order valence-corrected chi connectivity index (χ1v) is 8.21. The Balaban J connectivity index is 1.79. The number of fused-ring (bicyclic) bond motifs is 1. The summed E-state index contributed by atoms with van der Waals surface area (Å²) in [5.74, 6) is 1.50. The van der Waals surface area contributed by atoms with Crippen LogP contribution in [0.4, 0.5) is 5.82 Å². The molecular weight excluding hydrogens is 313 g/mol. The molecule has 0 aliphatic heterocycles. The highest BCUT2D eigenvalue weighted by Gasteiger charge is 2.06. The third kappa shape index (κ3) is 3.56. The second-order valence-corrected chi connectivity index (χ2v) is 6.01. The summed E-state index contributed by atoms with van der Waals surface area (Å²) >= 11 is 0. The van der Waals surface area contributed by atoms with E-state index in [1.54, 1.807) is 19.2 Å². The molecule has 0 spiro atoms. The number of aromatic nitrogens is 2. The van der Waals surface area contributed by atoms with Crippen LogP contribution in [-0.4, -0.2) is 26.9 Å². The number of nitrogens with one attached hydrogen (secondary N) is 1. The van der Waals surface area contributed by atoms with Gasteiger partial charge in [-0.15, -0.1) is 0 Å². The first kappa shape index (κ1) is 15.6. The molecule has 118 valence electrons. The van der Waals surface area contributed by atoms with Crippen molar-refractivity contribution < 1.29 is 14.5 Å². The van der Waals surface area contributed by atoms with Crippen molar-refractivity contribution in [2.45, 2.75) is 6.54 Å². The zero-order valence-corrected chi connectivity index (χ0v) is 13.4. The van der Waals surface area contributed by atoms with Crippen LogP contribution in [0.25, 0.3) is 10.9 Å². The van der Waals surface area contributed by atoms with Gasteiger partial charge in [0.15, 0.2) is 8.38 Å². The van der Waals surface area contributed by atoms with Crippen molar-refractivity contribution in [3.63, 3.8) is 0 Å². The highest BCUT2D eigenvalue weighted by Crippen LogP contribution is 2.24. The van der Waals surface area contributed by atoms with Crippen molar-refractivity contribution in [1.29, 1.82) is 0 Å². The minimum atomic E-state index is -2.04. The monoisotopic (exact) mass is 329 g/mol. The summed E-state index contributed by atoms with van der Waals surface area (Å²) in [5, 5.41) is 4.73. The summed E-state index contributed by atoms with van der Waals surface area (Å²) in [7, 11) is -0.422. The van der Waals surface area contributed by atoms with Gasteiger partial charge >= 0.3 is 0 Å². The summed E-state index contributed by atoms with van der Waals surface area (Å²) in [4.78, 5) is 26.9. The van der Waals surface area contributed by atoms with E-state index < -0.39 is 8.38 Å². The van der Waals surface area contributed by atoms with E-state index in [9.17, 15) is 0 Å². The third-order valence-electron chi connectivity index (χ3n) is 3.47. The van der Waals surface area contributed by atoms with Gasteiger partial charge in [0.2, 0.25) is 0 Å². The van der Waals surface area contributed by atoms with Crippen LogP contribution < -0.4 is 15.4 Å². The van der Waals surface area contributed by atoms with Gasteiger partial charge in [-0.2, -0.15) is 0 Å². The molecule has 2 aromatic carbocycles. The summed E-state index contributed by atoms with van der Waals surface area (Å²) < 4.78 is 5.20. The molecule has 0 fully saturated rings. The lowest BCUT2D eigenvalue weighted by Gasteiger charge is -2.10. The van der Waals surface area contributed by atoms with Crippen LogP contribution in [0.1, 0.15) is 5.56 Å². The molecule has 0 unspecified atom stereocenters. The Bertz CT molecular complexity index is 809. The van der Waals surface area contributed by atoms with E-state index in [2.05, 4.69) is 15.3 Å². The second-order valence-electron chi connectivity index (χ2n) is 4.91. The van der Waals surface area contributed by atoms with Gasteiger partial charge in [-0.1, -0.05) is 12.1 Å². The maximum atomic E-state index is 9.16. The van der Waals surface area contributed by atoms with Crippen LogP contribution in [0, 0.1) is 0 Å². The molecule has 0 aliphatic rings. The molecule has 0 bridgehead atoms. The zero-order chi connectivity index (χ0) is 16.2. The van der Waals surface area contributed by atoms with Crippen molar-refractivity contribution >= 4 is 30.4 Å². The fourth-order valence-electron chi connectivity index (χ4n) is 2.24. The Labute approximate surface area is 134 Å². The van der Waals surface area contributed by atoms with Gasteiger partial charge < -0.3 is 19.8 Å². The van der Waals surface area contributed by atoms with E-state index in [-0.39, 0.29) is 0 Å². The number of hydrogen-bond donors (Lipinski definition) is 3. The summed E-state index contributed by atoms with van der Waals surface area (Å²) in [6.07, 6.45) is 1.51. The van der Waals surface area contributed by atoms with E-state index in [0.29, 0.717) is 11.8 Å². The topological polar surface area (TPSA) is 87.5 Å². The minimum Gasteiger partial charge on any atom is -0.497 e. The van der Waals surface area contributed by atoms with E-state index in [4.69, 9.17) is 14.5 Å². The highest BCUT2D eigenvalue weighted by molar-refractivity contribution is 7.54. The highest BCUT2D eigenvalue weighted by atomic mass is 31.2. The normalized spacial score (nSPS) is 11.0. The molecule has 0 amide bonds. The molecule has 0 saturated carbocycles. The van der Waals surface area contributed by atoms with E-state index in [1.807, 2.05) is 30.3 Å². The lowest BCUT2D eigenvalue weighted by molar-refractivity contribution is 0.415. The van der Waals surface area contributed by atoms with Crippen LogP contribution in [0.15, 0.2) is 48.8 Å². The van der Waals surface area contributed by atoms with Crippen molar-refractivity contribution in [2.75, 3.05) is 12.4 Å². The Morgan fingerprint density at radius 3 is 2.57 bits per heavy atom. The van der Waals surface area contributed by atoms with Crippen LogP contribution >= 0.6 is 8.38 Å². The van der Waals surface area contributed by atoms with Crippen LogP contribution in [-0.2, 0) is 6.54 Å². The number of methoxy groups -OCH3 is 1. The third-order valence-corrected chi connectivity index (χ3v) is 4.23. The number of rotatable bonds is 5. The Morgan fingerprint density at radius 1 is 1.09 bits per heavy atom. The van der Waals surface area contributed by atoms with Crippen molar-refractivity contribution in [3.05, 3.63) is 54.4 Å². The first-order valence-electron chi connectivity index (χ1n) is 6.97. The van der Waals surface area contributed by atoms with Crippen molar-refractivity contribution in [2.24, 2.45) is 0 Å². The van der Waals surface area contributed by atoms with E-state index >= 15 is 0 Å². The van der Waals surface area contributed by atoms with Crippen molar-refractivity contribution in [1.82, 2.24) is 9.97 Å². The number of benzene rings is 2. The molecule has 1 aromatic heterocycles. The number of ether oxygens (including phenoxy) is 1. The Morgan fingerprint density at radius 2 is 1.87 bits per heavy atom. The lowest BCUT2D eigenvalue weighted by Crippen LogP contribution is -2.05. The molecule has 7 heteroatoms. The Kier molecular flexibility index (Phi) is 4.67. The fraction of sp³-hybridized carbons (Fsp3) is 0.125. The van der Waals surface area contributed by atoms with E-state index in [0.717, 1.165) is 28.0 Å². The predicted molar refractivity (Wildman–Crippen MR) is 90.9 cm³/mol. The number of hydrogen-bond acceptors (Lipinski definition) is 6. The fourth-order valence-corrected chi connectivity index (χ4v) is 2.65. The molecule has 23 heavy (non-hydrogen) atoms. The number of nitrogens with zero attached hydrogens (tertiary/aromatic N) is 2. The molecule has 0 aliphatic carbocycles. The first-order chi connectivity index (χ1) is 11.2. The molecule has 6 nitrogen and oxygen atoms in total. The average molecular weight is 329 g/mol. The average Bonchev–Trinajstić information content (AvgIpc) is 2.59. The van der Waals surface area contributed by atoms with Gasteiger partial charge in [0.05, 0.1) is 12.6 Å². The van der Waals surface area contributed by atoms with Gasteiger partial charge in [-0.05, 0) is 29.8 Å². The SMILES string of the molecule is COc1ccc2c(NCc3ccc(P(O)O)cc3)ncnc2c1. The molecule has 0 atom stereocenters. The summed E-state index contributed by atoms with van der Waals surface area (Å²) in [6, 6.07) is 12.8. The molecule has 3 aromatic rings. The van der Waals surface area contributed by atoms with Gasteiger partial charge in [-0.25, -0.2) is 9.97 Å². The number of anilines is 1. The molecule has 0 saturated heterocycles. The molecular formula is C16H16N3O3P. The van der Waals surface area contributed by atoms with Gasteiger partial charge in [0.1, 0.15) is 17.9 Å². The predicted octanol–water partition coefficient (Wildman–Crippen LogP) is 2.17. The quantitative estimate of drug-likeness (QED) is 0.622. The summed E-state index contributed by atoms with van der Waals surface area (Å²) in [6.45, 7) is 0.577. The summed E-state index contributed by atoms with van der Waals surface area (Å²) in [5.41, 5.74) is 1.83. The molecule has 1 heterocycles. The minimum absolute atomic E-state index is 0.531.